The smallest absolute Gasteiger partial charge is 0.333 e. The molecule has 0 bridgehead atoms. The first-order valence-corrected chi connectivity index (χ1v) is 12.4. The summed E-state index contributed by atoms with van der Waals surface area (Å²) in [7, 11) is -4.04. The Morgan fingerprint density at radius 2 is 1.67 bits per heavy atom. The van der Waals surface area contributed by atoms with Crippen LogP contribution in [0, 0.1) is 11.3 Å². The van der Waals surface area contributed by atoms with Crippen molar-refractivity contribution in [2.45, 2.75) is 61.2 Å². The highest BCUT2D eigenvalue weighted by Crippen LogP contribution is 2.48. The molecule has 7 nitrogen and oxygen atoms in total. The summed E-state index contributed by atoms with van der Waals surface area (Å²) < 4.78 is 27.5. The number of anilines is 1. The number of fused-ring (bicyclic) bond motifs is 2. The Bertz CT molecular complexity index is 1180. The maximum absolute atomic E-state index is 12.7. The molecule has 1 aromatic carbocycles. The number of hydrogen-bond donors (Lipinski definition) is 3. The van der Waals surface area contributed by atoms with Gasteiger partial charge in [-0.2, -0.15) is 5.26 Å². The van der Waals surface area contributed by atoms with E-state index in [9.17, 15) is 23.6 Å². The summed E-state index contributed by atoms with van der Waals surface area (Å²) in [6, 6.07) is 4.56. The molecule has 156 valence electrons. The predicted octanol–water partition coefficient (Wildman–Crippen LogP) is 3.09. The van der Waals surface area contributed by atoms with Crippen molar-refractivity contribution in [3.8, 4) is 6.07 Å². The fraction of sp³-hybridized carbons (Fsp3) is 0.429. The zero-order valence-corrected chi connectivity index (χ0v) is 17.9. The van der Waals surface area contributed by atoms with E-state index in [1.165, 1.54) is 6.07 Å². The molecule has 2 aromatic rings. The first-order chi connectivity index (χ1) is 14.3. The number of hydrogen-bond acceptors (Lipinski definition) is 6. The maximum Gasteiger partial charge on any atom is 0.333 e. The van der Waals surface area contributed by atoms with Gasteiger partial charge in [0.25, 0.3) is 10.0 Å². The maximum atomic E-state index is 12.7. The number of nitriles is 1. The molecule has 9 heteroatoms. The van der Waals surface area contributed by atoms with Crippen LogP contribution in [-0.4, -0.2) is 19.6 Å². The number of carbonyl (C=O) groups is 1. The van der Waals surface area contributed by atoms with Crippen LogP contribution in [0.2, 0.25) is 0 Å². The van der Waals surface area contributed by atoms with Gasteiger partial charge in [0.2, 0.25) is 0 Å². The van der Waals surface area contributed by atoms with Crippen molar-refractivity contribution in [3.63, 3.8) is 0 Å². The van der Waals surface area contributed by atoms with Gasteiger partial charge >= 0.3 is 6.03 Å². The van der Waals surface area contributed by atoms with Gasteiger partial charge in [-0.05, 0) is 85.8 Å². The number of benzene rings is 1. The van der Waals surface area contributed by atoms with Gasteiger partial charge in [-0.25, -0.2) is 17.9 Å². The summed E-state index contributed by atoms with van der Waals surface area (Å²) in [6.45, 7) is 0. The van der Waals surface area contributed by atoms with E-state index >= 15 is 0 Å². The molecule has 30 heavy (non-hydrogen) atoms. The molecule has 3 N–H and O–H groups in total. The second-order valence-corrected chi connectivity index (χ2v) is 11.2. The average molecular weight is 444 g/mol. The molecule has 0 unspecified atom stereocenters. The lowest BCUT2D eigenvalue weighted by molar-refractivity contribution is 0.155. The van der Waals surface area contributed by atoms with Crippen LogP contribution >= 0.6 is 11.3 Å². The zero-order valence-electron chi connectivity index (χ0n) is 16.2. The summed E-state index contributed by atoms with van der Waals surface area (Å²) in [5, 5.41) is 22.6. The summed E-state index contributed by atoms with van der Waals surface area (Å²) in [6.07, 6.45) is 6.23. The topological polar surface area (TPSA) is 119 Å². The number of aliphatic hydroxyl groups is 1. The molecular formula is C21H21N3O4S2. The number of nitrogens with zero attached hydrogens (tertiary/aromatic N) is 1. The minimum Gasteiger partial charge on any atom is -0.384 e. The molecular weight excluding hydrogens is 422 g/mol. The first kappa shape index (κ1) is 19.5. The Hall–Kier alpha value is -2.41. The average Bonchev–Trinajstić information content (AvgIpc) is 3.19. The Morgan fingerprint density at radius 1 is 1.07 bits per heavy atom. The van der Waals surface area contributed by atoms with Gasteiger partial charge in [0, 0.05) is 10.6 Å². The monoisotopic (exact) mass is 443 g/mol. The second-order valence-electron chi connectivity index (χ2n) is 8.19. The minimum atomic E-state index is -4.04. The molecule has 1 heterocycles. The molecule has 3 aliphatic rings. The van der Waals surface area contributed by atoms with Gasteiger partial charge in [0.15, 0.2) is 0 Å². The van der Waals surface area contributed by atoms with Crippen molar-refractivity contribution in [3.05, 3.63) is 44.8 Å². The molecule has 3 aliphatic carbocycles. The zero-order chi connectivity index (χ0) is 21.1. The molecule has 1 fully saturated rings. The summed E-state index contributed by atoms with van der Waals surface area (Å²) in [4.78, 5) is 13.3. The third kappa shape index (κ3) is 3.11. The molecule has 1 saturated carbocycles. The Morgan fingerprint density at radius 3 is 2.23 bits per heavy atom. The van der Waals surface area contributed by atoms with Gasteiger partial charge in [-0.15, -0.1) is 11.3 Å². The predicted molar refractivity (Wildman–Crippen MR) is 112 cm³/mol. The van der Waals surface area contributed by atoms with E-state index in [1.807, 2.05) is 0 Å². The van der Waals surface area contributed by atoms with Gasteiger partial charge in [0.1, 0.15) is 4.21 Å². The van der Waals surface area contributed by atoms with Crippen LogP contribution in [0.25, 0.3) is 0 Å². The van der Waals surface area contributed by atoms with E-state index in [2.05, 4.69) is 16.1 Å². The van der Waals surface area contributed by atoms with Crippen molar-refractivity contribution in [2.75, 3.05) is 5.32 Å². The fourth-order valence-electron chi connectivity index (χ4n) is 4.63. The van der Waals surface area contributed by atoms with Crippen LogP contribution in [-0.2, 0) is 41.3 Å². The van der Waals surface area contributed by atoms with Crippen LogP contribution in [0.1, 0.15) is 58.4 Å². The van der Waals surface area contributed by atoms with E-state index in [4.69, 9.17) is 0 Å². The number of sulfonamides is 1. The lowest BCUT2D eigenvalue weighted by Gasteiger charge is -2.18. The number of urea groups is 1. The highest BCUT2D eigenvalue weighted by atomic mass is 32.2. The molecule has 0 radical (unpaired) electrons. The van der Waals surface area contributed by atoms with E-state index in [0.29, 0.717) is 23.4 Å². The quantitative estimate of drug-likeness (QED) is 0.671. The van der Waals surface area contributed by atoms with Crippen molar-refractivity contribution in [2.24, 2.45) is 0 Å². The summed E-state index contributed by atoms with van der Waals surface area (Å²) >= 11 is 0.986. The van der Waals surface area contributed by atoms with E-state index in [-0.39, 0.29) is 4.21 Å². The third-order valence-corrected chi connectivity index (χ3v) is 9.35. The fourth-order valence-corrected chi connectivity index (χ4v) is 6.99. The molecule has 0 saturated heterocycles. The highest BCUT2D eigenvalue weighted by Gasteiger charge is 2.44. The van der Waals surface area contributed by atoms with Crippen molar-refractivity contribution in [1.29, 1.82) is 5.26 Å². The summed E-state index contributed by atoms with van der Waals surface area (Å²) in [5.41, 5.74) is 4.44. The summed E-state index contributed by atoms with van der Waals surface area (Å²) in [5.74, 6) is 0. The van der Waals surface area contributed by atoms with Crippen LogP contribution in [0.15, 0.2) is 16.3 Å². The molecule has 1 aromatic heterocycles. The SMILES string of the molecule is N#Cc1c2c(c(NC(=O)NS(=O)(=O)c3ccc(C4(O)CC4)s3)c3c1CCC3)CCC2. The largest absolute Gasteiger partial charge is 0.384 e. The number of thiophene rings is 1. The van der Waals surface area contributed by atoms with Gasteiger partial charge < -0.3 is 10.4 Å². The van der Waals surface area contributed by atoms with Gasteiger partial charge in [0.05, 0.1) is 17.2 Å². The Kier molecular flexibility index (Phi) is 4.43. The van der Waals surface area contributed by atoms with Crippen molar-refractivity contribution >= 4 is 33.1 Å². The van der Waals surface area contributed by atoms with Crippen LogP contribution < -0.4 is 10.0 Å². The van der Waals surface area contributed by atoms with Crippen LogP contribution in [0.3, 0.4) is 0 Å². The third-order valence-electron chi connectivity index (χ3n) is 6.25. The lowest BCUT2D eigenvalue weighted by atomic mass is 9.93. The Balaban J connectivity index is 1.41. The van der Waals surface area contributed by atoms with Crippen LogP contribution in [0.4, 0.5) is 10.5 Å². The molecule has 0 atom stereocenters. The lowest BCUT2D eigenvalue weighted by Crippen LogP contribution is -2.34. The number of nitrogens with one attached hydrogen (secondary N) is 2. The normalized spacial score (nSPS) is 18.4. The van der Waals surface area contributed by atoms with Gasteiger partial charge in [-0.1, -0.05) is 0 Å². The highest BCUT2D eigenvalue weighted by molar-refractivity contribution is 7.92. The number of carbonyl (C=O) groups excluding carboxylic acids is 1. The molecule has 0 spiro atoms. The van der Waals surface area contributed by atoms with Crippen molar-refractivity contribution in [1.82, 2.24) is 4.72 Å². The standard InChI is InChI=1S/C21H21N3O4S2/c22-11-16-12-3-1-5-14(12)19(15-6-2-4-13(15)16)23-20(25)24-30(27,28)18-8-7-17(29-18)21(26)9-10-21/h7-8,26H,1-6,9-10H2,(H2,23,24,25). The van der Waals surface area contributed by atoms with E-state index in [1.54, 1.807) is 6.07 Å². The molecule has 0 aliphatic heterocycles. The minimum absolute atomic E-state index is 0.00302. The van der Waals surface area contributed by atoms with E-state index < -0.39 is 21.7 Å². The second kappa shape index (κ2) is 6.80. The van der Waals surface area contributed by atoms with E-state index in [0.717, 1.165) is 77.7 Å². The van der Waals surface area contributed by atoms with Crippen LogP contribution in [0.5, 0.6) is 0 Å². The molecule has 2 amide bonds. The molecule has 5 rings (SSSR count). The Labute approximate surface area is 178 Å². The van der Waals surface area contributed by atoms with Crippen molar-refractivity contribution < 1.29 is 18.3 Å². The number of rotatable bonds is 4. The van der Waals surface area contributed by atoms with Gasteiger partial charge in [-0.3, -0.25) is 0 Å². The first-order valence-electron chi connectivity index (χ1n) is 10.1. The number of amides is 2.